The van der Waals surface area contributed by atoms with Crippen molar-refractivity contribution in [2.75, 3.05) is 6.54 Å². The maximum absolute atomic E-state index is 12.7. The third-order valence-electron chi connectivity index (χ3n) is 4.17. The Balaban J connectivity index is 2.28. The summed E-state index contributed by atoms with van der Waals surface area (Å²) in [5, 5.41) is 17.3. The fraction of sp³-hybridized carbons (Fsp3) is 0.600. The molecule has 6 nitrogen and oxygen atoms in total. The molecule has 0 bridgehead atoms. The van der Waals surface area contributed by atoms with Gasteiger partial charge in [-0.15, -0.1) is 0 Å². The van der Waals surface area contributed by atoms with E-state index in [-0.39, 0.29) is 5.91 Å². The summed E-state index contributed by atoms with van der Waals surface area (Å²) in [6, 6.07) is 0.930. The molecule has 6 heteroatoms. The zero-order chi connectivity index (χ0) is 15.6. The van der Waals surface area contributed by atoms with Gasteiger partial charge in [0, 0.05) is 6.54 Å². The number of carbonyl (C=O) groups is 2. The highest BCUT2D eigenvalue weighted by atomic mass is 16.4. The molecule has 1 N–H and O–H groups in total. The Bertz CT molecular complexity index is 559. The van der Waals surface area contributed by atoms with Crippen LogP contribution < -0.4 is 0 Å². The largest absolute Gasteiger partial charge is 0.480 e. The molecule has 2 unspecified atom stereocenters. The molecular weight excluding hydrogens is 270 g/mol. The third kappa shape index (κ3) is 3.20. The van der Waals surface area contributed by atoms with Gasteiger partial charge in [0.15, 0.2) is 0 Å². The number of rotatable bonds is 3. The molecular formula is C15H21N3O3. The van der Waals surface area contributed by atoms with Crippen LogP contribution in [0.3, 0.4) is 0 Å². The number of carboxylic acids is 1. The number of likely N-dealkylation sites (tertiary alicyclic amines) is 1. The van der Waals surface area contributed by atoms with E-state index in [1.54, 1.807) is 19.9 Å². The zero-order valence-corrected chi connectivity index (χ0v) is 12.7. The van der Waals surface area contributed by atoms with Crippen LogP contribution in [0.1, 0.15) is 47.9 Å². The second kappa shape index (κ2) is 6.20. The average Bonchev–Trinajstić information content (AvgIpc) is 2.48. The lowest BCUT2D eigenvalue weighted by atomic mass is 9.88. The maximum Gasteiger partial charge on any atom is 0.326 e. The van der Waals surface area contributed by atoms with E-state index in [9.17, 15) is 14.7 Å². The molecule has 1 aliphatic heterocycles. The molecule has 1 fully saturated rings. The number of carbonyl (C=O) groups excluding carboxylic acids is 1. The summed E-state index contributed by atoms with van der Waals surface area (Å²) >= 11 is 0. The van der Waals surface area contributed by atoms with E-state index < -0.39 is 12.0 Å². The van der Waals surface area contributed by atoms with Gasteiger partial charge in [0.25, 0.3) is 5.91 Å². The van der Waals surface area contributed by atoms with Crippen LogP contribution >= 0.6 is 0 Å². The zero-order valence-electron chi connectivity index (χ0n) is 12.7. The number of aryl methyl sites for hydroxylation is 2. The lowest BCUT2D eigenvalue weighted by molar-refractivity contribution is -0.144. The van der Waals surface area contributed by atoms with Crippen molar-refractivity contribution in [3.63, 3.8) is 0 Å². The monoisotopic (exact) mass is 291 g/mol. The first kappa shape index (κ1) is 15.4. The van der Waals surface area contributed by atoms with E-state index in [1.807, 2.05) is 0 Å². The van der Waals surface area contributed by atoms with Crippen LogP contribution in [-0.4, -0.2) is 44.7 Å². The quantitative estimate of drug-likeness (QED) is 0.918. The van der Waals surface area contributed by atoms with Crippen molar-refractivity contribution >= 4 is 11.9 Å². The molecule has 2 atom stereocenters. The van der Waals surface area contributed by atoms with Crippen LogP contribution in [0.2, 0.25) is 0 Å². The van der Waals surface area contributed by atoms with Crippen LogP contribution in [-0.2, 0) is 4.79 Å². The Hall–Kier alpha value is -1.98. The summed E-state index contributed by atoms with van der Waals surface area (Å²) in [6.45, 7) is 6.02. The van der Waals surface area contributed by atoms with Crippen LogP contribution in [0.4, 0.5) is 0 Å². The standard InChI is InChI=1S/C15H21N3O3/c1-4-11-5-6-18(13(8-11)15(20)21)14(19)12-7-9(2)16-17-10(12)3/h7,11,13H,4-6,8H2,1-3H3,(H,20,21). The van der Waals surface area contributed by atoms with Crippen molar-refractivity contribution in [2.24, 2.45) is 5.92 Å². The van der Waals surface area contributed by atoms with E-state index in [0.29, 0.717) is 35.8 Å². The second-order valence-electron chi connectivity index (χ2n) is 5.64. The van der Waals surface area contributed by atoms with E-state index in [0.717, 1.165) is 12.8 Å². The van der Waals surface area contributed by atoms with Crippen LogP contribution in [0.15, 0.2) is 6.07 Å². The Morgan fingerprint density at radius 2 is 2.10 bits per heavy atom. The summed E-state index contributed by atoms with van der Waals surface area (Å²) in [4.78, 5) is 25.6. The van der Waals surface area contributed by atoms with Crippen LogP contribution in [0.25, 0.3) is 0 Å². The summed E-state index contributed by atoms with van der Waals surface area (Å²) < 4.78 is 0. The molecule has 1 aliphatic rings. The first-order valence-corrected chi connectivity index (χ1v) is 7.28. The number of aliphatic carboxylic acids is 1. The molecule has 0 spiro atoms. The van der Waals surface area contributed by atoms with E-state index in [2.05, 4.69) is 17.1 Å². The first-order chi connectivity index (χ1) is 9.93. The van der Waals surface area contributed by atoms with Crippen molar-refractivity contribution in [1.29, 1.82) is 0 Å². The second-order valence-corrected chi connectivity index (χ2v) is 5.64. The van der Waals surface area contributed by atoms with E-state index in [1.165, 1.54) is 4.90 Å². The lowest BCUT2D eigenvalue weighted by Gasteiger charge is -2.37. The number of piperidine rings is 1. The minimum atomic E-state index is -0.933. The molecule has 114 valence electrons. The Labute approximate surface area is 124 Å². The Morgan fingerprint density at radius 1 is 1.38 bits per heavy atom. The van der Waals surface area contributed by atoms with Gasteiger partial charge >= 0.3 is 5.97 Å². The van der Waals surface area contributed by atoms with Gasteiger partial charge in [0.1, 0.15) is 6.04 Å². The number of hydrogen-bond donors (Lipinski definition) is 1. The van der Waals surface area contributed by atoms with Crippen molar-refractivity contribution in [3.8, 4) is 0 Å². The molecule has 0 radical (unpaired) electrons. The number of hydrogen-bond acceptors (Lipinski definition) is 4. The lowest BCUT2D eigenvalue weighted by Crippen LogP contribution is -2.50. The van der Waals surface area contributed by atoms with Crippen molar-refractivity contribution in [2.45, 2.75) is 46.1 Å². The summed E-state index contributed by atoms with van der Waals surface area (Å²) in [5.74, 6) is -0.820. The molecule has 1 aromatic heterocycles. The predicted molar refractivity (Wildman–Crippen MR) is 77.0 cm³/mol. The normalized spacial score (nSPS) is 22.1. The van der Waals surface area contributed by atoms with Crippen LogP contribution in [0, 0.1) is 19.8 Å². The highest BCUT2D eigenvalue weighted by Crippen LogP contribution is 2.27. The predicted octanol–water partition coefficient (Wildman–Crippen LogP) is 1.81. The van der Waals surface area contributed by atoms with Gasteiger partial charge in [-0.25, -0.2) is 4.79 Å². The molecule has 2 heterocycles. The smallest absolute Gasteiger partial charge is 0.326 e. The minimum absolute atomic E-state index is 0.257. The summed E-state index contributed by atoms with van der Waals surface area (Å²) in [6.07, 6.45) is 2.32. The average molecular weight is 291 g/mol. The fourth-order valence-electron chi connectivity index (χ4n) is 2.81. The van der Waals surface area contributed by atoms with Crippen LogP contribution in [0.5, 0.6) is 0 Å². The maximum atomic E-state index is 12.7. The minimum Gasteiger partial charge on any atom is -0.480 e. The van der Waals surface area contributed by atoms with Gasteiger partial charge in [0.05, 0.1) is 17.0 Å². The van der Waals surface area contributed by atoms with Gasteiger partial charge in [-0.1, -0.05) is 13.3 Å². The SMILES string of the molecule is CCC1CCN(C(=O)c2cc(C)nnc2C)C(C(=O)O)C1. The van der Waals surface area contributed by atoms with Crippen molar-refractivity contribution < 1.29 is 14.7 Å². The molecule has 1 aromatic rings. The summed E-state index contributed by atoms with van der Waals surface area (Å²) in [5.41, 5.74) is 1.63. The number of amides is 1. The van der Waals surface area contributed by atoms with Gasteiger partial charge < -0.3 is 10.0 Å². The summed E-state index contributed by atoms with van der Waals surface area (Å²) in [7, 11) is 0. The van der Waals surface area contributed by atoms with Crippen molar-refractivity contribution in [1.82, 2.24) is 15.1 Å². The number of aromatic nitrogens is 2. The first-order valence-electron chi connectivity index (χ1n) is 7.28. The third-order valence-corrected chi connectivity index (χ3v) is 4.17. The molecule has 1 amide bonds. The van der Waals surface area contributed by atoms with Gasteiger partial charge in [-0.2, -0.15) is 10.2 Å². The Kier molecular flexibility index (Phi) is 4.55. The number of carboxylic acid groups (broad SMARTS) is 1. The topological polar surface area (TPSA) is 83.4 Å². The highest BCUT2D eigenvalue weighted by molar-refractivity contribution is 5.97. The fourth-order valence-corrected chi connectivity index (χ4v) is 2.81. The molecule has 2 rings (SSSR count). The molecule has 1 saturated heterocycles. The molecule has 0 aromatic carbocycles. The highest BCUT2D eigenvalue weighted by Gasteiger charge is 2.36. The van der Waals surface area contributed by atoms with Gasteiger partial charge in [-0.05, 0) is 38.7 Å². The molecule has 0 aliphatic carbocycles. The molecule has 0 saturated carbocycles. The van der Waals surface area contributed by atoms with E-state index in [4.69, 9.17) is 0 Å². The van der Waals surface area contributed by atoms with Gasteiger partial charge in [-0.3, -0.25) is 4.79 Å². The van der Waals surface area contributed by atoms with Gasteiger partial charge in [0.2, 0.25) is 0 Å². The molecule has 21 heavy (non-hydrogen) atoms. The van der Waals surface area contributed by atoms with E-state index >= 15 is 0 Å². The number of nitrogens with zero attached hydrogens (tertiary/aromatic N) is 3. The van der Waals surface area contributed by atoms with Crippen molar-refractivity contribution in [3.05, 3.63) is 23.0 Å². The Morgan fingerprint density at radius 3 is 2.71 bits per heavy atom.